The second kappa shape index (κ2) is 8.38. The van der Waals surface area contributed by atoms with E-state index in [1.807, 2.05) is 17.3 Å². The molecular formula is C19H28N4O3. The molecule has 0 radical (unpaired) electrons. The molecule has 1 spiro atoms. The van der Waals surface area contributed by atoms with Gasteiger partial charge in [-0.1, -0.05) is 0 Å². The first-order valence-corrected chi connectivity index (χ1v) is 9.45. The molecule has 0 unspecified atom stereocenters. The lowest BCUT2D eigenvalue weighted by molar-refractivity contribution is -0.142. The molecule has 1 aromatic heterocycles. The van der Waals surface area contributed by atoms with Crippen molar-refractivity contribution in [2.75, 3.05) is 44.2 Å². The van der Waals surface area contributed by atoms with Crippen LogP contribution in [0.15, 0.2) is 24.5 Å². The summed E-state index contributed by atoms with van der Waals surface area (Å²) in [5.74, 6) is -0.271. The molecule has 2 saturated heterocycles. The Morgan fingerprint density at radius 1 is 1.19 bits per heavy atom. The molecule has 2 aliphatic heterocycles. The molecule has 3 rings (SSSR count). The van der Waals surface area contributed by atoms with Gasteiger partial charge < -0.3 is 19.9 Å². The maximum atomic E-state index is 12.3. The van der Waals surface area contributed by atoms with E-state index in [4.69, 9.17) is 4.74 Å². The van der Waals surface area contributed by atoms with Crippen molar-refractivity contribution < 1.29 is 14.3 Å². The number of aromatic nitrogens is 1. The van der Waals surface area contributed by atoms with E-state index in [9.17, 15) is 9.59 Å². The van der Waals surface area contributed by atoms with Gasteiger partial charge in [0.2, 0.25) is 0 Å². The summed E-state index contributed by atoms with van der Waals surface area (Å²) in [6, 6.07) is 4.05. The van der Waals surface area contributed by atoms with Crippen molar-refractivity contribution in [1.29, 1.82) is 0 Å². The molecule has 1 N–H and O–H groups in total. The monoisotopic (exact) mass is 360 g/mol. The van der Waals surface area contributed by atoms with E-state index in [1.54, 1.807) is 6.92 Å². The first kappa shape index (κ1) is 18.5. The smallest absolute Gasteiger partial charge is 0.317 e. The second-order valence-corrected chi connectivity index (χ2v) is 7.15. The summed E-state index contributed by atoms with van der Waals surface area (Å²) in [5, 5.41) is 2.82. The highest BCUT2D eigenvalue weighted by Gasteiger charge is 2.41. The Hall–Kier alpha value is -2.31. The number of hydrogen-bond donors (Lipinski definition) is 1. The Kier molecular flexibility index (Phi) is 5.96. The number of carbonyl (C=O) groups excluding carboxylic acids is 2. The van der Waals surface area contributed by atoms with Crippen molar-refractivity contribution in [3.8, 4) is 0 Å². The zero-order valence-electron chi connectivity index (χ0n) is 15.4. The van der Waals surface area contributed by atoms with Crippen LogP contribution in [0.1, 0.15) is 32.6 Å². The number of urea groups is 1. The number of amides is 2. The molecule has 3 heterocycles. The highest BCUT2D eigenvalue weighted by atomic mass is 16.5. The van der Waals surface area contributed by atoms with Crippen LogP contribution in [0.3, 0.4) is 0 Å². The van der Waals surface area contributed by atoms with Gasteiger partial charge in [-0.3, -0.25) is 9.78 Å². The van der Waals surface area contributed by atoms with Gasteiger partial charge in [0.1, 0.15) is 0 Å². The topological polar surface area (TPSA) is 74.8 Å². The third-order valence-corrected chi connectivity index (χ3v) is 5.49. The van der Waals surface area contributed by atoms with Gasteiger partial charge in [0, 0.05) is 50.8 Å². The molecule has 2 fully saturated rings. The standard InChI is InChI=1S/C19H28N4O3/c1-2-26-17(24)5-11-21-18(25)22-12-6-19(7-13-22)8-14-23(15-19)16-3-9-20-10-4-16/h3-4,9-10H,2,5-8,11-15H2,1H3,(H,21,25). The average Bonchev–Trinajstić information content (AvgIpc) is 3.07. The van der Waals surface area contributed by atoms with Crippen molar-refractivity contribution in [1.82, 2.24) is 15.2 Å². The van der Waals surface area contributed by atoms with Crippen LogP contribution in [-0.4, -0.2) is 61.2 Å². The molecule has 0 atom stereocenters. The van der Waals surface area contributed by atoms with Crippen LogP contribution in [0.25, 0.3) is 0 Å². The van der Waals surface area contributed by atoms with E-state index in [-0.39, 0.29) is 18.4 Å². The number of ether oxygens (including phenoxy) is 1. The Morgan fingerprint density at radius 3 is 2.58 bits per heavy atom. The molecule has 26 heavy (non-hydrogen) atoms. The molecule has 2 aliphatic rings. The predicted molar refractivity (Wildman–Crippen MR) is 99.0 cm³/mol. The average molecular weight is 360 g/mol. The molecule has 7 heteroatoms. The minimum Gasteiger partial charge on any atom is -0.466 e. The van der Waals surface area contributed by atoms with Crippen LogP contribution >= 0.6 is 0 Å². The number of nitrogens with one attached hydrogen (secondary N) is 1. The van der Waals surface area contributed by atoms with Crippen LogP contribution < -0.4 is 10.2 Å². The van der Waals surface area contributed by atoms with E-state index in [1.165, 1.54) is 12.1 Å². The van der Waals surface area contributed by atoms with E-state index in [0.717, 1.165) is 39.0 Å². The molecule has 1 aromatic rings. The molecule has 0 saturated carbocycles. The number of piperidine rings is 1. The molecule has 142 valence electrons. The number of pyridine rings is 1. The summed E-state index contributed by atoms with van der Waals surface area (Å²) >= 11 is 0. The van der Waals surface area contributed by atoms with Crippen LogP contribution in [-0.2, 0) is 9.53 Å². The Bertz CT molecular complexity index is 614. The summed E-state index contributed by atoms with van der Waals surface area (Å²) in [6.07, 6.45) is 7.12. The Labute approximate surface area is 154 Å². The molecule has 2 amide bonds. The molecule has 0 bridgehead atoms. The van der Waals surface area contributed by atoms with Gasteiger partial charge in [0.05, 0.1) is 13.0 Å². The van der Waals surface area contributed by atoms with Crippen LogP contribution in [0, 0.1) is 5.41 Å². The quantitative estimate of drug-likeness (QED) is 0.814. The van der Waals surface area contributed by atoms with Gasteiger partial charge in [0.25, 0.3) is 0 Å². The van der Waals surface area contributed by atoms with Crippen molar-refractivity contribution in [2.45, 2.75) is 32.6 Å². The SMILES string of the molecule is CCOC(=O)CCNC(=O)N1CCC2(CC1)CCN(c1ccncc1)C2. The zero-order valence-corrected chi connectivity index (χ0v) is 15.4. The lowest BCUT2D eigenvalue weighted by Crippen LogP contribution is -2.48. The van der Waals surface area contributed by atoms with E-state index < -0.39 is 0 Å². The minimum absolute atomic E-state index is 0.0758. The van der Waals surface area contributed by atoms with E-state index in [0.29, 0.717) is 18.6 Å². The van der Waals surface area contributed by atoms with Crippen molar-refractivity contribution in [2.24, 2.45) is 5.41 Å². The van der Waals surface area contributed by atoms with E-state index in [2.05, 4.69) is 27.3 Å². The predicted octanol–water partition coefficient (Wildman–Crippen LogP) is 2.04. The van der Waals surface area contributed by atoms with Crippen LogP contribution in [0.5, 0.6) is 0 Å². The lowest BCUT2D eigenvalue weighted by atomic mass is 9.78. The van der Waals surface area contributed by atoms with Gasteiger partial charge in [-0.25, -0.2) is 4.79 Å². The third kappa shape index (κ3) is 4.45. The molecule has 7 nitrogen and oxygen atoms in total. The van der Waals surface area contributed by atoms with Gasteiger partial charge in [-0.15, -0.1) is 0 Å². The van der Waals surface area contributed by atoms with Gasteiger partial charge in [-0.05, 0) is 43.7 Å². The number of esters is 1. The first-order chi connectivity index (χ1) is 12.6. The summed E-state index contributed by atoms with van der Waals surface area (Å²) < 4.78 is 4.87. The number of carbonyl (C=O) groups is 2. The zero-order chi connectivity index (χ0) is 18.4. The molecular weight excluding hydrogens is 332 g/mol. The fourth-order valence-electron chi connectivity index (χ4n) is 3.92. The van der Waals surface area contributed by atoms with Gasteiger partial charge in [0.15, 0.2) is 0 Å². The fraction of sp³-hybridized carbons (Fsp3) is 0.632. The normalized spacial score (nSPS) is 18.8. The highest BCUT2D eigenvalue weighted by molar-refractivity contribution is 5.75. The first-order valence-electron chi connectivity index (χ1n) is 9.45. The summed E-state index contributed by atoms with van der Waals surface area (Å²) in [4.78, 5) is 32.0. The Balaban J connectivity index is 1.43. The number of likely N-dealkylation sites (tertiary alicyclic amines) is 1. The van der Waals surface area contributed by atoms with Crippen molar-refractivity contribution in [3.05, 3.63) is 24.5 Å². The highest BCUT2D eigenvalue weighted by Crippen LogP contribution is 2.41. The lowest BCUT2D eigenvalue weighted by Gasteiger charge is -2.39. The number of nitrogens with zero attached hydrogens (tertiary/aromatic N) is 3. The van der Waals surface area contributed by atoms with Gasteiger partial charge in [-0.2, -0.15) is 0 Å². The van der Waals surface area contributed by atoms with Crippen LogP contribution in [0.4, 0.5) is 10.5 Å². The van der Waals surface area contributed by atoms with Crippen molar-refractivity contribution >= 4 is 17.7 Å². The van der Waals surface area contributed by atoms with Gasteiger partial charge >= 0.3 is 12.0 Å². The number of hydrogen-bond acceptors (Lipinski definition) is 5. The second-order valence-electron chi connectivity index (χ2n) is 7.15. The fourth-order valence-corrected chi connectivity index (χ4v) is 3.92. The van der Waals surface area contributed by atoms with Crippen molar-refractivity contribution in [3.63, 3.8) is 0 Å². The molecule has 0 aromatic carbocycles. The third-order valence-electron chi connectivity index (χ3n) is 5.49. The summed E-state index contributed by atoms with van der Waals surface area (Å²) in [7, 11) is 0. The Morgan fingerprint density at radius 2 is 1.88 bits per heavy atom. The summed E-state index contributed by atoms with van der Waals surface area (Å²) in [5.41, 5.74) is 1.54. The minimum atomic E-state index is -0.271. The largest absolute Gasteiger partial charge is 0.466 e. The maximum absolute atomic E-state index is 12.3. The number of anilines is 1. The number of rotatable bonds is 5. The van der Waals surface area contributed by atoms with E-state index >= 15 is 0 Å². The van der Waals surface area contributed by atoms with Crippen LogP contribution in [0.2, 0.25) is 0 Å². The molecule has 0 aliphatic carbocycles. The maximum Gasteiger partial charge on any atom is 0.317 e. The summed E-state index contributed by atoms with van der Waals surface area (Å²) in [6.45, 7) is 6.14.